The van der Waals surface area contributed by atoms with Crippen molar-refractivity contribution in [2.24, 2.45) is 0 Å². The summed E-state index contributed by atoms with van der Waals surface area (Å²) in [5.74, 6) is 1.28. The molecule has 0 bridgehead atoms. The molecule has 7 heteroatoms. The van der Waals surface area contributed by atoms with Crippen molar-refractivity contribution in [3.8, 4) is 5.75 Å². The number of aliphatic hydroxyl groups is 1. The monoisotopic (exact) mass is 449 g/mol. The maximum Gasteiger partial charge on any atom is 0.134 e. The zero-order chi connectivity index (χ0) is 22.8. The van der Waals surface area contributed by atoms with Gasteiger partial charge in [0.1, 0.15) is 29.6 Å². The van der Waals surface area contributed by atoms with Crippen LogP contribution in [0.15, 0.2) is 59.3 Å². The molecule has 33 heavy (non-hydrogen) atoms. The highest BCUT2D eigenvalue weighted by Crippen LogP contribution is 2.30. The third-order valence-corrected chi connectivity index (χ3v) is 6.32. The Hall–Kier alpha value is -3.16. The van der Waals surface area contributed by atoms with E-state index in [4.69, 9.17) is 9.26 Å². The lowest BCUT2D eigenvalue weighted by atomic mass is 10.1. The molecule has 1 saturated heterocycles. The molecular formula is C26H28FN3O3. The van der Waals surface area contributed by atoms with E-state index < -0.39 is 0 Å². The molecule has 1 aliphatic rings. The van der Waals surface area contributed by atoms with Gasteiger partial charge in [0.05, 0.1) is 6.61 Å². The van der Waals surface area contributed by atoms with Crippen LogP contribution in [-0.2, 0) is 19.7 Å². The summed E-state index contributed by atoms with van der Waals surface area (Å²) in [6.07, 6.45) is 4.26. The second-order valence-electron chi connectivity index (χ2n) is 8.76. The second-order valence-corrected chi connectivity index (χ2v) is 8.76. The Balaban J connectivity index is 1.46. The molecule has 0 aliphatic carbocycles. The van der Waals surface area contributed by atoms with Crippen LogP contribution in [0.2, 0.25) is 0 Å². The van der Waals surface area contributed by atoms with Crippen molar-refractivity contribution in [2.45, 2.75) is 45.5 Å². The highest BCUT2D eigenvalue weighted by molar-refractivity contribution is 5.85. The first kappa shape index (κ1) is 21.7. The molecular weight excluding hydrogens is 421 g/mol. The maximum atomic E-state index is 13.8. The molecule has 1 fully saturated rings. The molecule has 1 aliphatic heterocycles. The Labute approximate surface area is 192 Å². The molecule has 4 aromatic rings. The van der Waals surface area contributed by atoms with Gasteiger partial charge in [-0.3, -0.25) is 4.90 Å². The summed E-state index contributed by atoms with van der Waals surface area (Å²) in [5.41, 5.74) is 3.90. The molecule has 2 aromatic carbocycles. The van der Waals surface area contributed by atoms with Crippen LogP contribution < -0.4 is 4.74 Å². The van der Waals surface area contributed by atoms with Gasteiger partial charge in [-0.05, 0) is 67.8 Å². The SMILES string of the molecule is Cc1cc(COc2ccc3c(c2)c(CN2CCC[C@H]2CO)cn3Cc2cccc(F)c2)no1. The molecule has 3 heterocycles. The van der Waals surface area contributed by atoms with Crippen LogP contribution in [0.1, 0.15) is 35.4 Å². The number of hydrogen-bond acceptors (Lipinski definition) is 5. The average Bonchev–Trinajstić information content (AvgIpc) is 3.52. The van der Waals surface area contributed by atoms with Crippen molar-refractivity contribution in [2.75, 3.05) is 13.2 Å². The van der Waals surface area contributed by atoms with E-state index >= 15 is 0 Å². The summed E-state index contributed by atoms with van der Waals surface area (Å²) >= 11 is 0. The number of aromatic nitrogens is 2. The number of fused-ring (bicyclic) bond motifs is 1. The van der Waals surface area contributed by atoms with E-state index in [0.29, 0.717) is 13.2 Å². The number of nitrogens with zero attached hydrogens (tertiary/aromatic N) is 3. The van der Waals surface area contributed by atoms with Crippen LogP contribution in [0.3, 0.4) is 0 Å². The minimum absolute atomic E-state index is 0.174. The number of likely N-dealkylation sites (tertiary alicyclic amines) is 1. The van der Waals surface area contributed by atoms with Gasteiger partial charge in [-0.15, -0.1) is 0 Å². The Morgan fingerprint density at radius 2 is 2.09 bits per heavy atom. The number of aliphatic hydroxyl groups excluding tert-OH is 1. The fourth-order valence-electron chi connectivity index (χ4n) is 4.70. The summed E-state index contributed by atoms with van der Waals surface area (Å²) in [4.78, 5) is 2.34. The number of aryl methyl sites for hydroxylation is 1. The van der Waals surface area contributed by atoms with Crippen molar-refractivity contribution >= 4 is 10.9 Å². The van der Waals surface area contributed by atoms with E-state index in [1.54, 1.807) is 12.1 Å². The Morgan fingerprint density at radius 1 is 1.18 bits per heavy atom. The van der Waals surface area contributed by atoms with Crippen LogP contribution in [0.25, 0.3) is 10.9 Å². The number of halogens is 1. The highest BCUT2D eigenvalue weighted by atomic mass is 19.1. The number of rotatable bonds is 8. The third kappa shape index (κ3) is 4.79. The lowest BCUT2D eigenvalue weighted by molar-refractivity contribution is 0.154. The fraction of sp³-hybridized carbons (Fsp3) is 0.346. The molecule has 0 saturated carbocycles. The minimum Gasteiger partial charge on any atom is -0.487 e. The normalized spacial score (nSPS) is 16.6. The van der Waals surface area contributed by atoms with Crippen molar-refractivity contribution in [1.29, 1.82) is 0 Å². The predicted molar refractivity (Wildman–Crippen MR) is 124 cm³/mol. The number of ether oxygens (including phenoxy) is 1. The number of hydrogen-bond donors (Lipinski definition) is 1. The first-order valence-electron chi connectivity index (χ1n) is 11.3. The van der Waals surface area contributed by atoms with Crippen LogP contribution in [-0.4, -0.2) is 38.9 Å². The smallest absolute Gasteiger partial charge is 0.134 e. The van der Waals surface area contributed by atoms with Gasteiger partial charge < -0.3 is 18.9 Å². The molecule has 1 atom stereocenters. The molecule has 0 spiro atoms. The maximum absolute atomic E-state index is 13.8. The van der Waals surface area contributed by atoms with Gasteiger partial charge in [0.2, 0.25) is 0 Å². The molecule has 1 N–H and O–H groups in total. The highest BCUT2D eigenvalue weighted by Gasteiger charge is 2.25. The number of benzene rings is 2. The van der Waals surface area contributed by atoms with Gasteiger partial charge in [0.25, 0.3) is 0 Å². The van der Waals surface area contributed by atoms with Crippen LogP contribution in [0, 0.1) is 12.7 Å². The summed E-state index contributed by atoms with van der Waals surface area (Å²) in [6.45, 7) is 4.67. The molecule has 5 rings (SSSR count). The molecule has 0 unspecified atom stereocenters. The fourth-order valence-corrected chi connectivity index (χ4v) is 4.70. The van der Waals surface area contributed by atoms with Gasteiger partial charge in [0, 0.05) is 42.3 Å². The Morgan fingerprint density at radius 3 is 2.88 bits per heavy atom. The lowest BCUT2D eigenvalue weighted by Crippen LogP contribution is -2.31. The van der Waals surface area contributed by atoms with E-state index in [1.807, 2.05) is 25.1 Å². The largest absolute Gasteiger partial charge is 0.487 e. The molecule has 0 radical (unpaired) electrons. The summed E-state index contributed by atoms with van der Waals surface area (Å²) < 4.78 is 27.0. The van der Waals surface area contributed by atoms with Gasteiger partial charge in [-0.25, -0.2) is 4.39 Å². The van der Waals surface area contributed by atoms with Crippen molar-refractivity contribution in [1.82, 2.24) is 14.6 Å². The lowest BCUT2D eigenvalue weighted by Gasteiger charge is -2.22. The van der Waals surface area contributed by atoms with E-state index in [9.17, 15) is 9.50 Å². The van der Waals surface area contributed by atoms with Crippen LogP contribution in [0.5, 0.6) is 5.75 Å². The standard InChI is InChI=1S/C26H28FN3O3/c1-18-10-22(28-33-18)17-32-24-7-8-26-25(12-24)20(14-29-9-3-6-23(29)16-31)15-30(26)13-19-4-2-5-21(27)11-19/h2,4-5,7-8,10-12,15,23,31H,3,6,9,13-14,16-17H2,1H3/t23-/m0/s1. The van der Waals surface area contributed by atoms with Gasteiger partial charge >= 0.3 is 0 Å². The third-order valence-electron chi connectivity index (χ3n) is 6.32. The molecule has 0 amide bonds. The van der Waals surface area contributed by atoms with E-state index in [2.05, 4.69) is 33.0 Å². The van der Waals surface area contributed by atoms with Gasteiger partial charge in [-0.2, -0.15) is 0 Å². The van der Waals surface area contributed by atoms with Crippen LogP contribution in [0.4, 0.5) is 4.39 Å². The summed E-state index contributed by atoms with van der Waals surface area (Å²) in [5, 5.41) is 14.9. The zero-order valence-electron chi connectivity index (χ0n) is 18.7. The van der Waals surface area contributed by atoms with Gasteiger partial charge in [-0.1, -0.05) is 17.3 Å². The molecule has 172 valence electrons. The predicted octanol–water partition coefficient (Wildman–Crippen LogP) is 4.66. The first-order valence-corrected chi connectivity index (χ1v) is 11.3. The average molecular weight is 450 g/mol. The topological polar surface area (TPSA) is 63.7 Å². The molecule has 6 nitrogen and oxygen atoms in total. The second kappa shape index (κ2) is 9.37. The summed E-state index contributed by atoms with van der Waals surface area (Å²) in [6, 6.07) is 14.8. The van der Waals surface area contributed by atoms with E-state index in [-0.39, 0.29) is 18.5 Å². The van der Waals surface area contributed by atoms with Gasteiger partial charge in [0.15, 0.2) is 0 Å². The summed E-state index contributed by atoms with van der Waals surface area (Å²) in [7, 11) is 0. The van der Waals surface area contributed by atoms with E-state index in [1.165, 1.54) is 11.6 Å². The molecule has 2 aromatic heterocycles. The van der Waals surface area contributed by atoms with E-state index in [0.717, 1.165) is 59.6 Å². The van der Waals surface area contributed by atoms with Crippen molar-refractivity contribution in [3.63, 3.8) is 0 Å². The van der Waals surface area contributed by atoms with Crippen molar-refractivity contribution in [3.05, 3.63) is 83.1 Å². The van der Waals surface area contributed by atoms with Crippen molar-refractivity contribution < 1.29 is 18.8 Å². The Kier molecular flexibility index (Phi) is 6.15. The minimum atomic E-state index is -0.231. The Bertz CT molecular complexity index is 1250. The zero-order valence-corrected chi connectivity index (χ0v) is 18.7. The van der Waals surface area contributed by atoms with Crippen LogP contribution >= 0.6 is 0 Å². The first-order chi connectivity index (χ1) is 16.1. The quantitative estimate of drug-likeness (QED) is 0.424.